The fourth-order valence-electron chi connectivity index (χ4n) is 4.45. The number of amides is 1. The summed E-state index contributed by atoms with van der Waals surface area (Å²) >= 11 is 1.59. The number of hydrogen-bond acceptors (Lipinski definition) is 5. The first-order valence-corrected chi connectivity index (χ1v) is 13.4. The molecule has 0 aliphatic heterocycles. The Morgan fingerprint density at radius 2 is 1.38 bits per heavy atom. The van der Waals surface area contributed by atoms with Crippen LogP contribution in [0.1, 0.15) is 15.9 Å². The Bertz CT molecular complexity index is 1690. The van der Waals surface area contributed by atoms with Crippen LogP contribution in [0.25, 0.3) is 21.5 Å². The Kier molecular flexibility index (Phi) is 6.93. The highest BCUT2D eigenvalue weighted by Gasteiger charge is 2.14. The molecule has 0 aliphatic carbocycles. The summed E-state index contributed by atoms with van der Waals surface area (Å²) in [6.07, 6.45) is 1.65. The zero-order valence-corrected chi connectivity index (χ0v) is 21.8. The SMILES string of the molecule is O=C(N/N=C\c1ccc(N(c2ccccc2)c2ccccc2)cc1)c1cc(-c2cccs2)nc2ccccc12. The van der Waals surface area contributed by atoms with Crippen LogP contribution in [0.2, 0.25) is 0 Å². The van der Waals surface area contributed by atoms with E-state index in [1.807, 2.05) is 109 Å². The van der Waals surface area contributed by atoms with E-state index in [0.717, 1.165) is 44.1 Å². The third-order valence-electron chi connectivity index (χ3n) is 6.29. The lowest BCUT2D eigenvalue weighted by Gasteiger charge is -2.25. The number of aromatic nitrogens is 1. The minimum atomic E-state index is -0.279. The molecule has 0 radical (unpaired) electrons. The summed E-state index contributed by atoms with van der Waals surface area (Å²) in [5.41, 5.74) is 8.83. The number of nitrogens with one attached hydrogen (secondary N) is 1. The molecular weight excluding hydrogens is 500 g/mol. The molecule has 0 saturated heterocycles. The van der Waals surface area contributed by atoms with E-state index in [2.05, 4.69) is 39.7 Å². The van der Waals surface area contributed by atoms with Gasteiger partial charge in [-0.05, 0) is 65.5 Å². The van der Waals surface area contributed by atoms with E-state index < -0.39 is 0 Å². The van der Waals surface area contributed by atoms with Gasteiger partial charge in [0.25, 0.3) is 5.91 Å². The summed E-state index contributed by atoms with van der Waals surface area (Å²) in [4.78, 5) is 21.1. The molecule has 0 saturated carbocycles. The Morgan fingerprint density at radius 3 is 2.05 bits per heavy atom. The Morgan fingerprint density at radius 1 is 0.744 bits per heavy atom. The third kappa shape index (κ3) is 5.32. The fourth-order valence-corrected chi connectivity index (χ4v) is 5.14. The van der Waals surface area contributed by atoms with Gasteiger partial charge in [-0.1, -0.05) is 72.8 Å². The number of rotatable bonds is 7. The summed E-state index contributed by atoms with van der Waals surface area (Å²) in [5.74, 6) is -0.279. The van der Waals surface area contributed by atoms with Crippen molar-refractivity contribution < 1.29 is 4.79 Å². The van der Waals surface area contributed by atoms with E-state index in [9.17, 15) is 4.79 Å². The van der Waals surface area contributed by atoms with Crippen molar-refractivity contribution in [1.82, 2.24) is 10.4 Å². The zero-order chi connectivity index (χ0) is 26.4. The summed E-state index contributed by atoms with van der Waals surface area (Å²) in [6.45, 7) is 0. The molecule has 1 N–H and O–H groups in total. The lowest BCUT2D eigenvalue weighted by Crippen LogP contribution is -2.18. The molecule has 0 aliphatic rings. The lowest BCUT2D eigenvalue weighted by atomic mass is 10.1. The van der Waals surface area contributed by atoms with E-state index in [1.165, 1.54) is 0 Å². The number of benzene rings is 4. The highest BCUT2D eigenvalue weighted by molar-refractivity contribution is 7.13. The maximum absolute atomic E-state index is 13.2. The number of hydrazone groups is 1. The van der Waals surface area contributed by atoms with Gasteiger partial charge in [-0.2, -0.15) is 5.10 Å². The molecule has 0 atom stereocenters. The molecule has 0 unspecified atom stereocenters. The molecule has 5 nitrogen and oxygen atoms in total. The van der Waals surface area contributed by atoms with Gasteiger partial charge in [0.05, 0.1) is 27.9 Å². The van der Waals surface area contributed by atoms with Crippen LogP contribution in [-0.2, 0) is 0 Å². The number of nitrogens with zero attached hydrogens (tertiary/aromatic N) is 3. The predicted octanol–water partition coefficient (Wildman–Crippen LogP) is 8.20. The summed E-state index contributed by atoms with van der Waals surface area (Å²) in [6, 6.07) is 42.0. The van der Waals surface area contributed by atoms with Gasteiger partial charge in [0.2, 0.25) is 0 Å². The maximum atomic E-state index is 13.2. The van der Waals surface area contributed by atoms with Crippen LogP contribution >= 0.6 is 11.3 Å². The molecule has 4 aromatic carbocycles. The highest BCUT2D eigenvalue weighted by atomic mass is 32.1. The first kappa shape index (κ1) is 24.3. The number of carbonyl (C=O) groups excluding carboxylic acids is 1. The second kappa shape index (κ2) is 11.1. The number of pyridine rings is 1. The second-order valence-electron chi connectivity index (χ2n) is 8.85. The Balaban J connectivity index is 1.23. The van der Waals surface area contributed by atoms with Crippen molar-refractivity contribution in [3.05, 3.63) is 144 Å². The van der Waals surface area contributed by atoms with Crippen molar-refractivity contribution in [3.63, 3.8) is 0 Å². The number of hydrogen-bond donors (Lipinski definition) is 1. The van der Waals surface area contributed by atoms with E-state index in [0.29, 0.717) is 5.56 Å². The number of anilines is 3. The van der Waals surface area contributed by atoms with E-state index >= 15 is 0 Å². The summed E-state index contributed by atoms with van der Waals surface area (Å²) < 4.78 is 0. The zero-order valence-electron chi connectivity index (χ0n) is 20.9. The standard InChI is InChI=1S/C33H24N4OS/c38-33(29-22-31(32-16-9-21-39-32)35-30-15-8-7-14-28(29)30)36-34-23-24-17-19-27(20-18-24)37(25-10-3-1-4-11-25)26-12-5-2-6-13-26/h1-23H,(H,36,38)/b34-23-. The average molecular weight is 525 g/mol. The Hall–Kier alpha value is -5.07. The van der Waals surface area contributed by atoms with Crippen LogP contribution in [0.15, 0.2) is 138 Å². The molecule has 6 aromatic rings. The van der Waals surface area contributed by atoms with Gasteiger partial charge < -0.3 is 4.90 Å². The smallest absolute Gasteiger partial charge is 0.272 e. The summed E-state index contributed by atoms with van der Waals surface area (Å²) in [7, 11) is 0. The number of thiophene rings is 1. The molecule has 6 rings (SSSR count). The molecule has 188 valence electrons. The molecule has 0 fully saturated rings. The van der Waals surface area contributed by atoms with Gasteiger partial charge in [0.15, 0.2) is 0 Å². The van der Waals surface area contributed by atoms with Crippen LogP contribution in [0.5, 0.6) is 0 Å². The maximum Gasteiger partial charge on any atom is 0.272 e. The van der Waals surface area contributed by atoms with Crippen LogP contribution in [0.4, 0.5) is 17.1 Å². The lowest BCUT2D eigenvalue weighted by molar-refractivity contribution is 0.0956. The van der Waals surface area contributed by atoms with Crippen molar-refractivity contribution in [2.45, 2.75) is 0 Å². The second-order valence-corrected chi connectivity index (χ2v) is 9.79. The normalized spacial score (nSPS) is 11.1. The van der Waals surface area contributed by atoms with Crippen molar-refractivity contribution in [3.8, 4) is 10.6 Å². The van der Waals surface area contributed by atoms with Crippen LogP contribution in [0.3, 0.4) is 0 Å². The van der Waals surface area contributed by atoms with Gasteiger partial charge in [-0.25, -0.2) is 10.4 Å². The molecule has 39 heavy (non-hydrogen) atoms. The van der Waals surface area contributed by atoms with Gasteiger partial charge in [0, 0.05) is 22.4 Å². The molecule has 0 bridgehead atoms. The quantitative estimate of drug-likeness (QED) is 0.169. The molecular formula is C33H24N4OS. The predicted molar refractivity (Wildman–Crippen MR) is 161 cm³/mol. The minimum absolute atomic E-state index is 0.279. The van der Waals surface area contributed by atoms with Crippen LogP contribution in [0, 0.1) is 0 Å². The van der Waals surface area contributed by atoms with Crippen LogP contribution < -0.4 is 10.3 Å². The van der Waals surface area contributed by atoms with E-state index in [4.69, 9.17) is 4.98 Å². The van der Waals surface area contributed by atoms with Gasteiger partial charge >= 0.3 is 0 Å². The topological polar surface area (TPSA) is 57.6 Å². The van der Waals surface area contributed by atoms with Gasteiger partial charge in [-0.15, -0.1) is 11.3 Å². The summed E-state index contributed by atoms with van der Waals surface area (Å²) in [5, 5.41) is 7.04. The average Bonchev–Trinajstić information content (AvgIpc) is 3.54. The first-order valence-electron chi connectivity index (χ1n) is 12.5. The molecule has 0 spiro atoms. The monoisotopic (exact) mass is 524 g/mol. The highest BCUT2D eigenvalue weighted by Crippen LogP contribution is 2.34. The van der Waals surface area contributed by atoms with E-state index in [1.54, 1.807) is 17.6 Å². The molecule has 2 aromatic heterocycles. The van der Waals surface area contributed by atoms with E-state index in [-0.39, 0.29) is 5.91 Å². The number of para-hydroxylation sites is 3. The first-order chi connectivity index (χ1) is 19.3. The number of carbonyl (C=O) groups is 1. The van der Waals surface area contributed by atoms with Crippen molar-refractivity contribution in [1.29, 1.82) is 0 Å². The van der Waals surface area contributed by atoms with Crippen molar-refractivity contribution in [2.75, 3.05) is 4.90 Å². The molecule has 1 amide bonds. The molecule has 6 heteroatoms. The molecule has 2 heterocycles. The fraction of sp³-hybridized carbons (Fsp3) is 0. The number of fused-ring (bicyclic) bond motifs is 1. The largest absolute Gasteiger partial charge is 0.311 e. The van der Waals surface area contributed by atoms with Gasteiger partial charge in [-0.3, -0.25) is 4.79 Å². The third-order valence-corrected chi connectivity index (χ3v) is 7.19. The Labute approximate surface area is 230 Å². The van der Waals surface area contributed by atoms with Crippen molar-refractivity contribution in [2.24, 2.45) is 5.10 Å². The minimum Gasteiger partial charge on any atom is -0.311 e. The van der Waals surface area contributed by atoms with Crippen LogP contribution in [-0.4, -0.2) is 17.1 Å². The van der Waals surface area contributed by atoms with Gasteiger partial charge in [0.1, 0.15) is 0 Å². The van der Waals surface area contributed by atoms with Crippen molar-refractivity contribution >= 4 is 51.4 Å².